The maximum Gasteiger partial charge on any atom is 0.116 e. The molecule has 0 aliphatic heterocycles. The number of H-pyrrole nitrogens is 1. The predicted octanol–water partition coefficient (Wildman–Crippen LogP) is 1.25. The monoisotopic (exact) mass is 229 g/mol. The van der Waals surface area contributed by atoms with Crippen molar-refractivity contribution in [3.8, 4) is 11.4 Å². The Kier molecular flexibility index (Phi) is 2.60. The molecule has 0 bridgehead atoms. The Labute approximate surface area is 99.5 Å². The van der Waals surface area contributed by atoms with Crippen molar-refractivity contribution in [2.75, 3.05) is 6.54 Å². The summed E-state index contributed by atoms with van der Waals surface area (Å²) < 4.78 is 0. The van der Waals surface area contributed by atoms with Crippen molar-refractivity contribution < 1.29 is 0 Å². The number of nitrogens with two attached hydrogens (primary N) is 1. The molecule has 5 nitrogen and oxygen atoms in total. The summed E-state index contributed by atoms with van der Waals surface area (Å²) in [4.78, 5) is 8.38. The molecule has 0 radical (unpaired) electrons. The zero-order valence-electron chi connectivity index (χ0n) is 9.56. The molecular weight excluding hydrogens is 214 g/mol. The molecule has 2 aromatic rings. The van der Waals surface area contributed by atoms with Crippen molar-refractivity contribution in [2.24, 2.45) is 5.73 Å². The molecular formula is C12H15N5. The zero-order chi connectivity index (χ0) is 11.7. The van der Waals surface area contributed by atoms with Crippen LogP contribution in [-0.2, 0) is 6.42 Å². The first-order valence-electron chi connectivity index (χ1n) is 5.93. The van der Waals surface area contributed by atoms with E-state index in [-0.39, 0.29) is 0 Å². The van der Waals surface area contributed by atoms with Gasteiger partial charge in [-0.1, -0.05) is 0 Å². The third kappa shape index (κ3) is 1.93. The molecule has 0 spiro atoms. The molecule has 0 unspecified atom stereocenters. The molecule has 17 heavy (non-hydrogen) atoms. The summed E-state index contributed by atoms with van der Waals surface area (Å²) in [6, 6.07) is 0. The Morgan fingerprint density at radius 2 is 2.24 bits per heavy atom. The first kappa shape index (κ1) is 10.4. The maximum absolute atomic E-state index is 5.68. The Morgan fingerprint density at radius 1 is 1.35 bits per heavy atom. The highest BCUT2D eigenvalue weighted by Gasteiger charge is 2.29. The minimum absolute atomic E-state index is 0.631. The van der Waals surface area contributed by atoms with Crippen LogP contribution in [0, 0.1) is 0 Å². The fourth-order valence-corrected chi connectivity index (χ4v) is 2.12. The molecule has 1 saturated carbocycles. The largest absolute Gasteiger partial charge is 0.330 e. The summed E-state index contributed by atoms with van der Waals surface area (Å²) >= 11 is 0. The second-order valence-corrected chi connectivity index (χ2v) is 4.37. The van der Waals surface area contributed by atoms with E-state index in [4.69, 9.17) is 5.73 Å². The molecule has 0 aromatic carbocycles. The fourth-order valence-electron chi connectivity index (χ4n) is 2.12. The van der Waals surface area contributed by atoms with Crippen molar-refractivity contribution in [2.45, 2.75) is 25.2 Å². The first-order valence-corrected chi connectivity index (χ1v) is 5.93. The van der Waals surface area contributed by atoms with Gasteiger partial charge in [0.2, 0.25) is 0 Å². The van der Waals surface area contributed by atoms with Gasteiger partial charge >= 0.3 is 0 Å². The van der Waals surface area contributed by atoms with Crippen LogP contribution in [0.5, 0.6) is 0 Å². The molecule has 1 fully saturated rings. The summed E-state index contributed by atoms with van der Waals surface area (Å²) in [6.45, 7) is 0.631. The van der Waals surface area contributed by atoms with Crippen LogP contribution in [-0.4, -0.2) is 26.7 Å². The van der Waals surface area contributed by atoms with Gasteiger partial charge in [-0.2, -0.15) is 5.10 Å². The Hall–Kier alpha value is -1.75. The minimum atomic E-state index is 0.631. The molecule has 88 valence electrons. The molecule has 2 heterocycles. The van der Waals surface area contributed by atoms with Gasteiger partial charge in [-0.05, 0) is 25.8 Å². The van der Waals surface area contributed by atoms with Crippen LogP contribution in [0.15, 0.2) is 18.6 Å². The molecule has 0 saturated heterocycles. The molecule has 0 atom stereocenters. The SMILES string of the molecule is NCCc1c(-c2cnccn2)n[nH]c1C1CC1. The normalized spacial score (nSPS) is 15.1. The number of rotatable bonds is 4. The van der Waals surface area contributed by atoms with Crippen LogP contribution in [0.2, 0.25) is 0 Å². The molecule has 2 aromatic heterocycles. The average Bonchev–Trinajstić information content (AvgIpc) is 3.13. The lowest BCUT2D eigenvalue weighted by atomic mass is 10.0. The van der Waals surface area contributed by atoms with E-state index in [1.165, 1.54) is 24.1 Å². The number of aromatic nitrogens is 4. The molecule has 1 aliphatic carbocycles. The highest BCUT2D eigenvalue weighted by Crippen LogP contribution is 2.42. The number of nitrogens with zero attached hydrogens (tertiary/aromatic N) is 3. The molecule has 5 heteroatoms. The van der Waals surface area contributed by atoms with Gasteiger partial charge in [0.15, 0.2) is 0 Å². The summed E-state index contributed by atoms with van der Waals surface area (Å²) in [5.41, 5.74) is 9.87. The number of aromatic amines is 1. The summed E-state index contributed by atoms with van der Waals surface area (Å²) in [5.74, 6) is 0.648. The van der Waals surface area contributed by atoms with E-state index in [2.05, 4.69) is 20.2 Å². The molecule has 0 amide bonds. The molecule has 3 rings (SSSR count). The third-order valence-electron chi connectivity index (χ3n) is 3.08. The average molecular weight is 229 g/mol. The second-order valence-electron chi connectivity index (χ2n) is 4.37. The first-order chi connectivity index (χ1) is 8.40. The van der Waals surface area contributed by atoms with E-state index in [0.29, 0.717) is 12.5 Å². The highest BCUT2D eigenvalue weighted by molar-refractivity contribution is 5.59. The number of hydrogen-bond acceptors (Lipinski definition) is 4. The van der Waals surface area contributed by atoms with Crippen molar-refractivity contribution in [3.05, 3.63) is 29.8 Å². The summed E-state index contributed by atoms with van der Waals surface area (Å²) in [6.07, 6.45) is 8.44. The number of hydrogen-bond donors (Lipinski definition) is 2. The van der Waals surface area contributed by atoms with Gasteiger partial charge in [0.25, 0.3) is 0 Å². The van der Waals surface area contributed by atoms with Crippen LogP contribution in [0.25, 0.3) is 11.4 Å². The van der Waals surface area contributed by atoms with E-state index >= 15 is 0 Å². The quantitative estimate of drug-likeness (QED) is 0.826. The van der Waals surface area contributed by atoms with Crippen LogP contribution in [0.3, 0.4) is 0 Å². The van der Waals surface area contributed by atoms with E-state index in [9.17, 15) is 0 Å². The van der Waals surface area contributed by atoms with E-state index in [1.54, 1.807) is 18.6 Å². The van der Waals surface area contributed by atoms with Gasteiger partial charge in [-0.15, -0.1) is 0 Å². The van der Waals surface area contributed by atoms with Gasteiger partial charge in [0.05, 0.1) is 6.20 Å². The van der Waals surface area contributed by atoms with E-state index in [1.807, 2.05) is 0 Å². The minimum Gasteiger partial charge on any atom is -0.330 e. The summed E-state index contributed by atoms with van der Waals surface area (Å²) in [7, 11) is 0. The van der Waals surface area contributed by atoms with E-state index < -0.39 is 0 Å². The molecule has 1 aliphatic rings. The standard InChI is InChI=1S/C12H15N5/c13-4-3-9-11(8-1-2-8)16-17-12(9)10-7-14-5-6-15-10/h5-8H,1-4,13H2,(H,16,17). The van der Waals surface area contributed by atoms with E-state index in [0.717, 1.165) is 17.8 Å². The van der Waals surface area contributed by atoms with Crippen LogP contribution in [0.4, 0.5) is 0 Å². The fraction of sp³-hybridized carbons (Fsp3) is 0.417. The van der Waals surface area contributed by atoms with Crippen LogP contribution < -0.4 is 5.73 Å². The zero-order valence-corrected chi connectivity index (χ0v) is 9.56. The van der Waals surface area contributed by atoms with Gasteiger partial charge in [0, 0.05) is 29.6 Å². The maximum atomic E-state index is 5.68. The topological polar surface area (TPSA) is 80.5 Å². The lowest BCUT2D eigenvalue weighted by Crippen LogP contribution is -2.05. The number of nitrogens with one attached hydrogen (secondary N) is 1. The van der Waals surface area contributed by atoms with Gasteiger partial charge in [0.1, 0.15) is 11.4 Å². The smallest absolute Gasteiger partial charge is 0.116 e. The van der Waals surface area contributed by atoms with Gasteiger partial charge in [-0.3, -0.25) is 15.1 Å². The van der Waals surface area contributed by atoms with Gasteiger partial charge in [-0.25, -0.2) is 0 Å². The van der Waals surface area contributed by atoms with Crippen molar-refractivity contribution in [1.29, 1.82) is 0 Å². The Bertz CT molecular complexity index is 501. The Morgan fingerprint density at radius 3 is 2.88 bits per heavy atom. The lowest BCUT2D eigenvalue weighted by molar-refractivity contribution is 0.914. The van der Waals surface area contributed by atoms with Gasteiger partial charge < -0.3 is 5.73 Å². The second kappa shape index (κ2) is 4.25. The highest BCUT2D eigenvalue weighted by atomic mass is 15.1. The summed E-state index contributed by atoms with van der Waals surface area (Å²) in [5, 5.41) is 7.53. The Balaban J connectivity index is 2.04. The van der Waals surface area contributed by atoms with Crippen molar-refractivity contribution in [3.63, 3.8) is 0 Å². The predicted molar refractivity (Wildman–Crippen MR) is 64.3 cm³/mol. The van der Waals surface area contributed by atoms with Crippen molar-refractivity contribution in [1.82, 2.24) is 20.2 Å². The van der Waals surface area contributed by atoms with Crippen LogP contribution in [0.1, 0.15) is 30.0 Å². The third-order valence-corrected chi connectivity index (χ3v) is 3.08. The lowest BCUT2D eigenvalue weighted by Gasteiger charge is -2.02. The van der Waals surface area contributed by atoms with Crippen LogP contribution >= 0.6 is 0 Å². The molecule has 3 N–H and O–H groups in total. The van der Waals surface area contributed by atoms with Crippen molar-refractivity contribution >= 4 is 0 Å².